The molecule has 2 atom stereocenters. The molecule has 5 rings (SSSR count). The molecule has 0 aliphatic carbocycles. The van der Waals surface area contributed by atoms with Gasteiger partial charge in [-0.15, -0.1) is 0 Å². The lowest BCUT2D eigenvalue weighted by Gasteiger charge is -2.34. The maximum Gasteiger partial charge on any atom is 0.142 e. The van der Waals surface area contributed by atoms with Crippen LogP contribution in [0.5, 0.6) is 5.75 Å². The monoisotopic (exact) mass is 511 g/mol. The summed E-state index contributed by atoms with van der Waals surface area (Å²) in [6.45, 7) is 14.7. The SMILES string of the molecule is CC[C@@H]1CN(Cc2cc([C@@H](c3ccc4n[nH]nc4c3C)C(C)(C)C(C)=O)ccc2C)Cc2ccncc2O1. The maximum absolute atomic E-state index is 13.0. The van der Waals surface area contributed by atoms with E-state index in [4.69, 9.17) is 4.74 Å². The number of rotatable bonds is 7. The van der Waals surface area contributed by atoms with Gasteiger partial charge in [-0.3, -0.25) is 14.7 Å². The van der Waals surface area contributed by atoms with Crippen molar-refractivity contribution in [2.45, 2.75) is 73.1 Å². The third-order valence-corrected chi connectivity index (χ3v) is 8.30. The van der Waals surface area contributed by atoms with Crippen LogP contribution in [0.3, 0.4) is 0 Å². The van der Waals surface area contributed by atoms with Crippen molar-refractivity contribution in [3.8, 4) is 5.75 Å². The number of nitrogens with zero attached hydrogens (tertiary/aromatic N) is 4. The predicted octanol–water partition coefficient (Wildman–Crippen LogP) is 5.89. The fourth-order valence-electron chi connectivity index (χ4n) is 5.63. The van der Waals surface area contributed by atoms with E-state index >= 15 is 0 Å². The van der Waals surface area contributed by atoms with Crippen LogP contribution in [-0.4, -0.2) is 43.7 Å². The third kappa shape index (κ3) is 4.83. The molecule has 198 valence electrons. The average molecular weight is 512 g/mol. The second-order valence-corrected chi connectivity index (χ2v) is 11.2. The molecule has 0 radical (unpaired) electrons. The number of aromatic amines is 1. The number of benzene rings is 2. The van der Waals surface area contributed by atoms with Crippen molar-refractivity contribution in [3.63, 3.8) is 0 Å². The molecule has 1 aliphatic heterocycles. The summed E-state index contributed by atoms with van der Waals surface area (Å²) in [5, 5.41) is 11.4. The van der Waals surface area contributed by atoms with Gasteiger partial charge in [-0.1, -0.05) is 45.0 Å². The summed E-state index contributed by atoms with van der Waals surface area (Å²) >= 11 is 0. The number of fused-ring (bicyclic) bond motifs is 2. The van der Waals surface area contributed by atoms with Gasteiger partial charge in [0.2, 0.25) is 0 Å². The van der Waals surface area contributed by atoms with Crippen LogP contribution in [0.15, 0.2) is 48.8 Å². The molecule has 4 aromatic rings. The Labute approximate surface area is 224 Å². The van der Waals surface area contributed by atoms with Crippen molar-refractivity contribution in [3.05, 3.63) is 82.2 Å². The number of hydrogen-bond acceptors (Lipinski definition) is 6. The Morgan fingerprint density at radius 2 is 2.00 bits per heavy atom. The smallest absolute Gasteiger partial charge is 0.142 e. The highest BCUT2D eigenvalue weighted by Gasteiger charge is 2.38. The van der Waals surface area contributed by atoms with Crippen LogP contribution < -0.4 is 4.74 Å². The number of aryl methyl sites for hydroxylation is 2. The zero-order valence-corrected chi connectivity index (χ0v) is 23.2. The number of pyridine rings is 1. The van der Waals surface area contributed by atoms with E-state index < -0.39 is 5.41 Å². The number of hydrogen-bond donors (Lipinski definition) is 1. The second-order valence-electron chi connectivity index (χ2n) is 11.2. The molecule has 2 aromatic heterocycles. The fraction of sp³-hybridized carbons (Fsp3) is 0.419. The third-order valence-electron chi connectivity index (χ3n) is 8.30. The summed E-state index contributed by atoms with van der Waals surface area (Å²) in [5.74, 6) is 0.919. The molecule has 0 unspecified atom stereocenters. The van der Waals surface area contributed by atoms with Crippen molar-refractivity contribution in [1.29, 1.82) is 0 Å². The Morgan fingerprint density at radius 3 is 2.76 bits per heavy atom. The van der Waals surface area contributed by atoms with Crippen LogP contribution in [0.2, 0.25) is 0 Å². The highest BCUT2D eigenvalue weighted by Crippen LogP contribution is 2.44. The summed E-state index contributed by atoms with van der Waals surface area (Å²) in [4.78, 5) is 19.7. The van der Waals surface area contributed by atoms with Gasteiger partial charge < -0.3 is 4.74 Å². The number of aromatic nitrogens is 4. The normalized spacial score (nSPS) is 17.1. The molecule has 0 spiro atoms. The number of H-pyrrole nitrogens is 1. The van der Waals surface area contributed by atoms with E-state index in [1.807, 2.05) is 18.5 Å². The van der Waals surface area contributed by atoms with Crippen LogP contribution in [0, 0.1) is 19.3 Å². The molecule has 0 amide bonds. The lowest BCUT2D eigenvalue weighted by atomic mass is 9.68. The van der Waals surface area contributed by atoms with Gasteiger partial charge in [0, 0.05) is 42.7 Å². The first-order valence-corrected chi connectivity index (χ1v) is 13.4. The highest BCUT2D eigenvalue weighted by atomic mass is 16.5. The number of ether oxygens (including phenoxy) is 1. The van der Waals surface area contributed by atoms with Crippen molar-refractivity contribution >= 4 is 16.8 Å². The molecule has 0 saturated carbocycles. The van der Waals surface area contributed by atoms with E-state index in [9.17, 15) is 4.79 Å². The van der Waals surface area contributed by atoms with Gasteiger partial charge in [0.05, 0.1) is 6.20 Å². The van der Waals surface area contributed by atoms with Gasteiger partial charge in [-0.2, -0.15) is 15.4 Å². The molecule has 7 nitrogen and oxygen atoms in total. The minimum atomic E-state index is -0.607. The van der Waals surface area contributed by atoms with E-state index in [0.717, 1.165) is 65.1 Å². The van der Waals surface area contributed by atoms with E-state index in [0.29, 0.717) is 0 Å². The zero-order valence-electron chi connectivity index (χ0n) is 23.2. The fourth-order valence-corrected chi connectivity index (χ4v) is 5.63. The largest absolute Gasteiger partial charge is 0.487 e. The second kappa shape index (κ2) is 10.3. The van der Waals surface area contributed by atoms with Gasteiger partial charge in [-0.05, 0) is 67.1 Å². The lowest BCUT2D eigenvalue weighted by Crippen LogP contribution is -2.33. The summed E-state index contributed by atoms with van der Waals surface area (Å²) < 4.78 is 6.28. The molecule has 3 heterocycles. The zero-order chi connectivity index (χ0) is 27.0. The number of carbonyl (C=O) groups excluding carboxylic acids is 1. The van der Waals surface area contributed by atoms with E-state index in [1.165, 1.54) is 11.1 Å². The number of carbonyl (C=O) groups is 1. The molecule has 7 heteroatoms. The van der Waals surface area contributed by atoms with Crippen LogP contribution in [0.1, 0.15) is 73.4 Å². The first-order valence-electron chi connectivity index (χ1n) is 13.4. The van der Waals surface area contributed by atoms with Crippen LogP contribution >= 0.6 is 0 Å². The number of ketones is 1. The number of nitrogens with one attached hydrogen (secondary N) is 1. The van der Waals surface area contributed by atoms with E-state index in [-0.39, 0.29) is 17.8 Å². The van der Waals surface area contributed by atoms with E-state index in [2.05, 4.69) is 90.2 Å². The minimum absolute atomic E-state index is 0.116. The Morgan fingerprint density at radius 1 is 1.18 bits per heavy atom. The summed E-state index contributed by atoms with van der Waals surface area (Å²) in [5.41, 5.74) is 8.04. The molecule has 2 aromatic carbocycles. The Bertz CT molecular complexity index is 1470. The highest BCUT2D eigenvalue weighted by molar-refractivity contribution is 5.85. The minimum Gasteiger partial charge on any atom is -0.487 e. The molecule has 0 fully saturated rings. The van der Waals surface area contributed by atoms with Gasteiger partial charge in [0.15, 0.2) is 0 Å². The van der Waals surface area contributed by atoms with Crippen molar-refractivity contribution < 1.29 is 9.53 Å². The van der Waals surface area contributed by atoms with Gasteiger partial charge >= 0.3 is 0 Å². The Balaban J connectivity index is 1.55. The summed E-state index contributed by atoms with van der Waals surface area (Å²) in [6.07, 6.45) is 4.71. The molecule has 1 aliphatic rings. The Hall–Kier alpha value is -3.58. The maximum atomic E-state index is 13.0. The molecule has 0 saturated heterocycles. The van der Waals surface area contributed by atoms with Gasteiger partial charge in [-0.25, -0.2) is 0 Å². The Kier molecular flexibility index (Phi) is 7.05. The quantitative estimate of drug-likeness (QED) is 0.333. The van der Waals surface area contributed by atoms with Crippen molar-refractivity contribution in [2.75, 3.05) is 6.54 Å². The molecular weight excluding hydrogens is 474 g/mol. The molecular formula is C31H37N5O2. The average Bonchev–Trinajstić information content (AvgIpc) is 3.30. The summed E-state index contributed by atoms with van der Waals surface area (Å²) in [7, 11) is 0. The van der Waals surface area contributed by atoms with Crippen molar-refractivity contribution in [1.82, 2.24) is 25.3 Å². The first-order chi connectivity index (χ1) is 18.2. The topological polar surface area (TPSA) is 84.0 Å². The molecule has 38 heavy (non-hydrogen) atoms. The molecule has 1 N–H and O–H groups in total. The summed E-state index contributed by atoms with van der Waals surface area (Å²) in [6, 6.07) is 12.8. The van der Waals surface area contributed by atoms with Gasteiger partial charge in [0.1, 0.15) is 28.7 Å². The van der Waals surface area contributed by atoms with Crippen molar-refractivity contribution in [2.24, 2.45) is 5.41 Å². The van der Waals surface area contributed by atoms with Gasteiger partial charge in [0.25, 0.3) is 0 Å². The van der Waals surface area contributed by atoms with Crippen LogP contribution in [-0.2, 0) is 17.9 Å². The van der Waals surface area contributed by atoms with E-state index in [1.54, 1.807) is 6.92 Å². The standard InChI is InChI=1S/C31H37N5O2/c1-7-25-18-36(16-23-12-13-32-15-28(23)38-25)17-24-14-22(9-8-19(24)2)29(31(5,6)21(4)37)26-10-11-27-30(20(26)3)34-35-33-27/h8-15,25,29H,7,16-18H2,1-6H3,(H,33,34,35)/t25-,29+/m1/s1. The lowest BCUT2D eigenvalue weighted by molar-refractivity contribution is -0.125. The van der Waals surface area contributed by atoms with Crippen LogP contribution in [0.25, 0.3) is 11.0 Å². The molecule has 0 bridgehead atoms. The first kappa shape index (κ1) is 26.0. The number of Topliss-reactive ketones (excluding diaryl/α,β-unsaturated/α-hetero) is 1. The van der Waals surface area contributed by atoms with Crippen LogP contribution in [0.4, 0.5) is 0 Å². The predicted molar refractivity (Wildman–Crippen MR) is 149 cm³/mol.